The van der Waals surface area contributed by atoms with E-state index in [4.69, 9.17) is 4.74 Å². The normalized spacial score (nSPS) is 10.2. The molecule has 0 aliphatic heterocycles. The van der Waals surface area contributed by atoms with Crippen LogP contribution in [0.5, 0.6) is 0 Å². The van der Waals surface area contributed by atoms with Crippen LogP contribution in [-0.2, 0) is 14.3 Å². The van der Waals surface area contributed by atoms with Crippen LogP contribution in [0.3, 0.4) is 0 Å². The molecule has 6 nitrogen and oxygen atoms in total. The van der Waals surface area contributed by atoms with Crippen LogP contribution in [0, 0.1) is 13.8 Å². The zero-order chi connectivity index (χ0) is 19.3. The number of nitrogens with one attached hydrogen (secondary N) is 1. The lowest BCUT2D eigenvalue weighted by molar-refractivity contribution is -0.120. The topological polar surface area (TPSA) is 75.7 Å². The van der Waals surface area contributed by atoms with Gasteiger partial charge in [0.1, 0.15) is 6.54 Å². The summed E-state index contributed by atoms with van der Waals surface area (Å²) in [5.41, 5.74) is 3.28. The second-order valence-corrected chi connectivity index (χ2v) is 6.04. The molecule has 2 rings (SSSR count). The van der Waals surface area contributed by atoms with Gasteiger partial charge in [-0.15, -0.1) is 0 Å². The maximum Gasteiger partial charge on any atom is 0.339 e. The van der Waals surface area contributed by atoms with Gasteiger partial charge < -0.3 is 15.0 Å². The second kappa shape index (κ2) is 8.29. The first-order chi connectivity index (χ1) is 12.3. The van der Waals surface area contributed by atoms with Crippen molar-refractivity contribution in [2.24, 2.45) is 0 Å². The fraction of sp³-hybridized carbons (Fsp3) is 0.250. The van der Waals surface area contributed by atoms with Crippen LogP contribution < -0.4 is 10.2 Å². The Hall–Kier alpha value is -3.15. The molecule has 0 heterocycles. The number of nitrogens with zero attached hydrogens (tertiary/aromatic N) is 1. The third-order valence-corrected chi connectivity index (χ3v) is 3.79. The second-order valence-electron chi connectivity index (χ2n) is 6.04. The Morgan fingerprint density at radius 3 is 2.23 bits per heavy atom. The monoisotopic (exact) mass is 354 g/mol. The number of carbonyl (C=O) groups excluding carboxylic acids is 3. The number of carbonyl (C=O) groups is 3. The van der Waals surface area contributed by atoms with Crippen molar-refractivity contribution in [2.45, 2.75) is 20.8 Å². The van der Waals surface area contributed by atoms with Crippen LogP contribution in [0.15, 0.2) is 42.5 Å². The number of anilines is 2. The molecule has 26 heavy (non-hydrogen) atoms. The lowest BCUT2D eigenvalue weighted by atomic mass is 10.1. The van der Waals surface area contributed by atoms with Crippen molar-refractivity contribution in [2.75, 3.05) is 23.9 Å². The minimum Gasteiger partial charge on any atom is -0.465 e. The number of aryl methyl sites for hydroxylation is 2. The molecule has 0 radical (unpaired) electrons. The van der Waals surface area contributed by atoms with Crippen LogP contribution in [0.4, 0.5) is 11.4 Å². The Bertz CT molecular complexity index is 825. The molecule has 2 aromatic carbocycles. The number of para-hydroxylation sites is 1. The van der Waals surface area contributed by atoms with E-state index in [2.05, 4.69) is 5.32 Å². The van der Waals surface area contributed by atoms with E-state index in [9.17, 15) is 14.4 Å². The van der Waals surface area contributed by atoms with E-state index in [1.165, 1.54) is 18.9 Å². The molecule has 0 aliphatic rings. The van der Waals surface area contributed by atoms with Gasteiger partial charge in [-0.3, -0.25) is 9.59 Å². The third-order valence-electron chi connectivity index (χ3n) is 3.79. The van der Waals surface area contributed by atoms with E-state index in [-0.39, 0.29) is 23.9 Å². The van der Waals surface area contributed by atoms with Crippen molar-refractivity contribution < 1.29 is 19.1 Å². The molecule has 0 unspecified atom stereocenters. The molecular formula is C20H22N2O4. The zero-order valence-corrected chi connectivity index (χ0v) is 15.3. The molecule has 0 atom stereocenters. The molecule has 6 heteroatoms. The SMILES string of the molecule is COC(=O)c1ccccc1N(CC(=O)Nc1cc(C)cc(C)c1)C(C)=O. The Morgan fingerprint density at radius 1 is 1.04 bits per heavy atom. The summed E-state index contributed by atoms with van der Waals surface area (Å²) in [6.07, 6.45) is 0. The highest BCUT2D eigenvalue weighted by molar-refractivity contribution is 6.06. The maximum atomic E-state index is 12.5. The fourth-order valence-corrected chi connectivity index (χ4v) is 2.75. The van der Waals surface area contributed by atoms with Gasteiger partial charge in [-0.1, -0.05) is 18.2 Å². The standard InChI is InChI=1S/C20H22N2O4/c1-13-9-14(2)11-16(10-13)21-19(24)12-22(15(3)23)18-8-6-5-7-17(18)20(25)26-4/h5-11H,12H2,1-4H3,(H,21,24). The molecule has 0 aromatic heterocycles. The van der Waals surface area contributed by atoms with Gasteiger partial charge in [0, 0.05) is 12.6 Å². The summed E-state index contributed by atoms with van der Waals surface area (Å²) in [6, 6.07) is 12.2. The Labute approximate surface area is 152 Å². The number of amides is 2. The van der Waals surface area contributed by atoms with Crippen molar-refractivity contribution in [1.29, 1.82) is 0 Å². The highest BCUT2D eigenvalue weighted by Crippen LogP contribution is 2.22. The summed E-state index contributed by atoms with van der Waals surface area (Å²) in [4.78, 5) is 37.8. The highest BCUT2D eigenvalue weighted by atomic mass is 16.5. The summed E-state index contributed by atoms with van der Waals surface area (Å²) in [6.45, 7) is 5.02. The Morgan fingerprint density at radius 2 is 1.65 bits per heavy atom. The van der Waals surface area contributed by atoms with Gasteiger partial charge in [-0.05, 0) is 49.2 Å². The van der Waals surface area contributed by atoms with E-state index in [1.807, 2.05) is 32.0 Å². The third kappa shape index (κ3) is 4.69. The van der Waals surface area contributed by atoms with Crippen LogP contribution >= 0.6 is 0 Å². The Balaban J connectivity index is 2.25. The largest absolute Gasteiger partial charge is 0.465 e. The number of methoxy groups -OCH3 is 1. The number of rotatable bonds is 5. The van der Waals surface area contributed by atoms with Gasteiger partial charge in [-0.2, -0.15) is 0 Å². The van der Waals surface area contributed by atoms with Crippen molar-refractivity contribution in [3.63, 3.8) is 0 Å². The first-order valence-electron chi connectivity index (χ1n) is 8.15. The van der Waals surface area contributed by atoms with Gasteiger partial charge in [0.15, 0.2) is 0 Å². The predicted molar refractivity (Wildman–Crippen MR) is 100 cm³/mol. The van der Waals surface area contributed by atoms with Crippen LogP contribution in [0.25, 0.3) is 0 Å². The van der Waals surface area contributed by atoms with Crippen molar-refractivity contribution in [3.05, 3.63) is 59.2 Å². The van der Waals surface area contributed by atoms with Gasteiger partial charge in [-0.25, -0.2) is 4.79 Å². The summed E-state index contributed by atoms with van der Waals surface area (Å²) in [5, 5.41) is 2.79. The Kier molecular flexibility index (Phi) is 6.11. The van der Waals surface area contributed by atoms with Gasteiger partial charge in [0.2, 0.25) is 11.8 Å². The minimum atomic E-state index is -0.568. The molecule has 2 amide bonds. The highest BCUT2D eigenvalue weighted by Gasteiger charge is 2.22. The lowest BCUT2D eigenvalue weighted by Crippen LogP contribution is -2.37. The van der Waals surface area contributed by atoms with Crippen molar-refractivity contribution >= 4 is 29.2 Å². The van der Waals surface area contributed by atoms with E-state index < -0.39 is 5.97 Å². The van der Waals surface area contributed by atoms with Crippen molar-refractivity contribution in [1.82, 2.24) is 0 Å². The molecule has 2 aromatic rings. The maximum absolute atomic E-state index is 12.5. The quantitative estimate of drug-likeness (QED) is 0.837. The molecule has 0 aliphatic carbocycles. The zero-order valence-electron chi connectivity index (χ0n) is 15.3. The van der Waals surface area contributed by atoms with Crippen LogP contribution in [0.2, 0.25) is 0 Å². The predicted octanol–water partition coefficient (Wildman–Crippen LogP) is 3.08. The molecule has 0 saturated heterocycles. The molecule has 1 N–H and O–H groups in total. The van der Waals surface area contributed by atoms with Gasteiger partial charge >= 0.3 is 5.97 Å². The summed E-state index contributed by atoms with van der Waals surface area (Å²) in [5.74, 6) is -1.27. The average molecular weight is 354 g/mol. The average Bonchev–Trinajstić information content (AvgIpc) is 2.58. The smallest absolute Gasteiger partial charge is 0.339 e. The van der Waals surface area contributed by atoms with E-state index in [0.29, 0.717) is 11.4 Å². The number of ether oxygens (including phenoxy) is 1. The van der Waals surface area contributed by atoms with E-state index in [1.54, 1.807) is 24.3 Å². The lowest BCUT2D eigenvalue weighted by Gasteiger charge is -2.22. The first-order valence-corrected chi connectivity index (χ1v) is 8.15. The van der Waals surface area contributed by atoms with E-state index >= 15 is 0 Å². The molecular weight excluding hydrogens is 332 g/mol. The minimum absolute atomic E-state index is 0.212. The summed E-state index contributed by atoms with van der Waals surface area (Å²) >= 11 is 0. The molecule has 0 fully saturated rings. The molecule has 0 saturated carbocycles. The van der Waals surface area contributed by atoms with E-state index in [0.717, 1.165) is 11.1 Å². The first kappa shape index (κ1) is 19.2. The molecule has 136 valence electrons. The number of hydrogen-bond acceptors (Lipinski definition) is 4. The summed E-state index contributed by atoms with van der Waals surface area (Å²) < 4.78 is 4.76. The molecule has 0 bridgehead atoms. The molecule has 0 spiro atoms. The number of hydrogen-bond donors (Lipinski definition) is 1. The van der Waals surface area contributed by atoms with Gasteiger partial charge in [0.25, 0.3) is 0 Å². The summed E-state index contributed by atoms with van der Waals surface area (Å²) in [7, 11) is 1.27. The van der Waals surface area contributed by atoms with Crippen molar-refractivity contribution in [3.8, 4) is 0 Å². The van der Waals surface area contributed by atoms with Gasteiger partial charge in [0.05, 0.1) is 18.4 Å². The fourth-order valence-electron chi connectivity index (χ4n) is 2.75. The number of esters is 1. The van der Waals surface area contributed by atoms with Crippen LogP contribution in [0.1, 0.15) is 28.4 Å². The number of benzene rings is 2. The van der Waals surface area contributed by atoms with Crippen LogP contribution in [-0.4, -0.2) is 31.4 Å².